The summed E-state index contributed by atoms with van der Waals surface area (Å²) in [6.45, 7) is 4.36. The van der Waals surface area contributed by atoms with Gasteiger partial charge in [-0.15, -0.1) is 0 Å². The minimum absolute atomic E-state index is 0.642. The fraction of sp³-hybridized carbons (Fsp3) is 0.500. The van der Waals surface area contributed by atoms with Crippen molar-refractivity contribution in [2.75, 3.05) is 18.8 Å². The number of benzene rings is 1. The molecule has 0 saturated carbocycles. The Morgan fingerprint density at radius 3 is 2.57 bits per heavy atom. The molecule has 1 aromatic carbocycles. The number of hydrogen-bond acceptors (Lipinski definition) is 2. The Morgan fingerprint density at radius 2 is 1.93 bits per heavy atom. The quantitative estimate of drug-likeness (QED) is 0.542. The summed E-state index contributed by atoms with van der Waals surface area (Å²) in [5.74, 6) is 1.56. The Balaban J connectivity index is 2.25. The summed E-state index contributed by atoms with van der Waals surface area (Å²) < 4.78 is 0. The monoisotopic (exact) mass is 209 g/mol. The van der Waals surface area contributed by atoms with Crippen LogP contribution >= 0.6 is 12.6 Å². The van der Waals surface area contributed by atoms with Crippen molar-refractivity contribution in [2.24, 2.45) is 0 Å². The van der Waals surface area contributed by atoms with Gasteiger partial charge in [0.05, 0.1) is 0 Å². The van der Waals surface area contributed by atoms with Crippen LogP contribution in [0, 0.1) is 0 Å². The molecule has 0 amide bonds. The van der Waals surface area contributed by atoms with E-state index in [9.17, 15) is 0 Å². The molecule has 1 nitrogen and oxygen atoms in total. The summed E-state index contributed by atoms with van der Waals surface area (Å²) >= 11 is 4.15. The molecule has 1 atom stereocenters. The summed E-state index contributed by atoms with van der Waals surface area (Å²) in [7, 11) is 0. The van der Waals surface area contributed by atoms with Gasteiger partial charge in [-0.1, -0.05) is 37.3 Å². The van der Waals surface area contributed by atoms with Gasteiger partial charge in [-0.25, -0.2) is 0 Å². The topological polar surface area (TPSA) is 12.0 Å². The zero-order valence-electron chi connectivity index (χ0n) is 8.74. The predicted molar refractivity (Wildman–Crippen MR) is 66.2 cm³/mol. The van der Waals surface area contributed by atoms with Crippen LogP contribution in [0.25, 0.3) is 0 Å². The molecule has 14 heavy (non-hydrogen) atoms. The highest BCUT2D eigenvalue weighted by Gasteiger charge is 2.03. The molecule has 0 heterocycles. The van der Waals surface area contributed by atoms with Gasteiger partial charge in [0.25, 0.3) is 0 Å². The molecule has 0 aliphatic heterocycles. The van der Waals surface area contributed by atoms with E-state index in [0.29, 0.717) is 5.92 Å². The fourth-order valence-corrected chi connectivity index (χ4v) is 1.63. The van der Waals surface area contributed by atoms with Crippen LogP contribution in [0.2, 0.25) is 0 Å². The van der Waals surface area contributed by atoms with Gasteiger partial charge in [-0.05, 0) is 24.4 Å². The highest BCUT2D eigenvalue weighted by Crippen LogP contribution is 2.17. The van der Waals surface area contributed by atoms with Gasteiger partial charge in [0.2, 0.25) is 0 Å². The smallest absolute Gasteiger partial charge is 0.00397 e. The molecule has 1 N–H and O–H groups in total. The number of nitrogens with one attached hydrogen (secondary N) is 1. The van der Waals surface area contributed by atoms with Gasteiger partial charge in [0, 0.05) is 12.3 Å². The molecular formula is C12H19NS. The van der Waals surface area contributed by atoms with Crippen molar-refractivity contribution in [3.05, 3.63) is 35.9 Å². The first kappa shape index (κ1) is 11.6. The van der Waals surface area contributed by atoms with Crippen LogP contribution in [0.1, 0.15) is 24.8 Å². The number of thiol groups is 1. The first-order chi connectivity index (χ1) is 6.84. The first-order valence-electron chi connectivity index (χ1n) is 5.21. The molecule has 0 aliphatic carbocycles. The van der Waals surface area contributed by atoms with Gasteiger partial charge in [-0.2, -0.15) is 12.6 Å². The maximum absolute atomic E-state index is 4.15. The van der Waals surface area contributed by atoms with Crippen molar-refractivity contribution in [1.29, 1.82) is 0 Å². The lowest BCUT2D eigenvalue weighted by Gasteiger charge is -2.11. The minimum Gasteiger partial charge on any atom is -0.316 e. The SMILES string of the molecule is CC(CCNCCS)c1ccccc1. The lowest BCUT2D eigenvalue weighted by atomic mass is 9.98. The van der Waals surface area contributed by atoms with Crippen LogP contribution in [0.4, 0.5) is 0 Å². The highest BCUT2D eigenvalue weighted by molar-refractivity contribution is 7.80. The van der Waals surface area contributed by atoms with Crippen molar-refractivity contribution >= 4 is 12.6 Å². The number of hydrogen-bond donors (Lipinski definition) is 2. The third-order valence-corrected chi connectivity index (χ3v) is 2.63. The average Bonchev–Trinajstić information content (AvgIpc) is 2.25. The van der Waals surface area contributed by atoms with Gasteiger partial charge >= 0.3 is 0 Å². The molecule has 0 aromatic heterocycles. The maximum Gasteiger partial charge on any atom is 0.00397 e. The largest absolute Gasteiger partial charge is 0.316 e. The average molecular weight is 209 g/mol. The van der Waals surface area contributed by atoms with Crippen LogP contribution in [-0.2, 0) is 0 Å². The van der Waals surface area contributed by atoms with Crippen molar-refractivity contribution in [3.8, 4) is 0 Å². The van der Waals surface area contributed by atoms with E-state index in [1.54, 1.807) is 0 Å². The molecule has 1 aromatic rings. The van der Waals surface area contributed by atoms with E-state index in [-0.39, 0.29) is 0 Å². The Hall–Kier alpha value is -0.470. The second-order valence-corrected chi connectivity index (χ2v) is 4.02. The Kier molecular flexibility index (Phi) is 5.72. The summed E-state index contributed by atoms with van der Waals surface area (Å²) in [5, 5.41) is 3.36. The molecule has 0 spiro atoms. The third kappa shape index (κ3) is 4.16. The van der Waals surface area contributed by atoms with Crippen molar-refractivity contribution in [1.82, 2.24) is 5.32 Å². The molecular weight excluding hydrogens is 190 g/mol. The van der Waals surface area contributed by atoms with E-state index in [1.807, 2.05) is 0 Å². The summed E-state index contributed by atoms with van der Waals surface area (Å²) in [5.41, 5.74) is 1.43. The molecule has 0 aliphatic rings. The molecule has 0 radical (unpaired) electrons. The maximum atomic E-state index is 4.15. The standard InChI is InChI=1S/C12H19NS/c1-11(7-8-13-9-10-14)12-5-3-2-4-6-12/h2-6,11,13-14H,7-10H2,1H3. The van der Waals surface area contributed by atoms with Gasteiger partial charge in [-0.3, -0.25) is 0 Å². The van der Waals surface area contributed by atoms with E-state index >= 15 is 0 Å². The molecule has 2 heteroatoms. The second-order valence-electron chi connectivity index (χ2n) is 3.57. The van der Waals surface area contributed by atoms with Crippen LogP contribution in [0.15, 0.2) is 30.3 Å². The lowest BCUT2D eigenvalue weighted by molar-refractivity contribution is 0.611. The fourth-order valence-electron chi connectivity index (χ4n) is 1.47. The van der Waals surface area contributed by atoms with E-state index in [2.05, 4.69) is 55.2 Å². The van der Waals surface area contributed by atoms with Gasteiger partial charge in [0.1, 0.15) is 0 Å². The van der Waals surface area contributed by atoms with E-state index in [4.69, 9.17) is 0 Å². The van der Waals surface area contributed by atoms with Crippen LogP contribution in [0.3, 0.4) is 0 Å². The Labute approximate surface area is 92.3 Å². The predicted octanol–water partition coefficient (Wildman–Crippen LogP) is 2.70. The number of rotatable bonds is 6. The molecule has 78 valence electrons. The van der Waals surface area contributed by atoms with Crippen molar-refractivity contribution in [3.63, 3.8) is 0 Å². The van der Waals surface area contributed by atoms with Crippen molar-refractivity contribution in [2.45, 2.75) is 19.3 Å². The van der Waals surface area contributed by atoms with Crippen LogP contribution in [0.5, 0.6) is 0 Å². The molecule has 0 fully saturated rings. The Morgan fingerprint density at radius 1 is 1.21 bits per heavy atom. The summed E-state index contributed by atoms with van der Waals surface area (Å²) in [6.07, 6.45) is 1.19. The minimum atomic E-state index is 0.642. The molecule has 1 rings (SSSR count). The van der Waals surface area contributed by atoms with Gasteiger partial charge < -0.3 is 5.32 Å². The van der Waals surface area contributed by atoms with Crippen LogP contribution in [-0.4, -0.2) is 18.8 Å². The normalized spacial score (nSPS) is 12.7. The lowest BCUT2D eigenvalue weighted by Crippen LogP contribution is -2.19. The van der Waals surface area contributed by atoms with Crippen molar-refractivity contribution < 1.29 is 0 Å². The zero-order valence-corrected chi connectivity index (χ0v) is 9.63. The highest BCUT2D eigenvalue weighted by atomic mass is 32.1. The first-order valence-corrected chi connectivity index (χ1v) is 5.84. The van der Waals surface area contributed by atoms with E-state index in [0.717, 1.165) is 18.8 Å². The summed E-state index contributed by atoms with van der Waals surface area (Å²) in [6, 6.07) is 10.7. The van der Waals surface area contributed by atoms with Crippen LogP contribution < -0.4 is 5.32 Å². The Bertz CT molecular complexity index is 235. The summed E-state index contributed by atoms with van der Waals surface area (Å²) in [4.78, 5) is 0. The second kappa shape index (κ2) is 6.91. The molecule has 0 saturated heterocycles. The third-order valence-electron chi connectivity index (χ3n) is 2.41. The van der Waals surface area contributed by atoms with E-state index < -0.39 is 0 Å². The van der Waals surface area contributed by atoms with E-state index in [1.165, 1.54) is 12.0 Å². The van der Waals surface area contributed by atoms with Gasteiger partial charge in [0.15, 0.2) is 0 Å². The molecule has 0 bridgehead atoms. The molecule has 1 unspecified atom stereocenters. The zero-order chi connectivity index (χ0) is 10.2.